The molecule has 0 radical (unpaired) electrons. The van der Waals surface area contributed by atoms with Gasteiger partial charge in [0.25, 0.3) is 5.69 Å². The molecule has 25 heavy (non-hydrogen) atoms. The molecule has 1 amide bonds. The summed E-state index contributed by atoms with van der Waals surface area (Å²) >= 11 is 11.0. The van der Waals surface area contributed by atoms with Crippen LogP contribution in [0.25, 0.3) is 6.08 Å². The lowest BCUT2D eigenvalue weighted by Gasteiger charge is -2.08. The van der Waals surface area contributed by atoms with Crippen molar-refractivity contribution in [2.24, 2.45) is 0 Å². The van der Waals surface area contributed by atoms with Crippen LogP contribution in [0.15, 0.2) is 48.5 Å². The predicted octanol–water partition coefficient (Wildman–Crippen LogP) is 4.08. The number of thiocarbonyl (C=S) groups is 1. The predicted molar refractivity (Wildman–Crippen MR) is 103 cm³/mol. The lowest BCUT2D eigenvalue weighted by atomic mass is 10.2. The molecule has 2 aromatic rings. The van der Waals surface area contributed by atoms with Gasteiger partial charge in [-0.05, 0) is 42.9 Å². The van der Waals surface area contributed by atoms with E-state index in [1.54, 1.807) is 49.4 Å². The van der Waals surface area contributed by atoms with E-state index in [4.69, 9.17) is 23.8 Å². The van der Waals surface area contributed by atoms with Crippen LogP contribution in [0.2, 0.25) is 5.02 Å². The molecule has 0 unspecified atom stereocenters. The molecule has 0 aliphatic heterocycles. The van der Waals surface area contributed by atoms with Gasteiger partial charge in [-0.2, -0.15) is 0 Å². The first kappa shape index (κ1) is 18.6. The number of halogens is 1. The fourth-order valence-electron chi connectivity index (χ4n) is 1.98. The number of anilines is 1. The van der Waals surface area contributed by atoms with Gasteiger partial charge in [-0.15, -0.1) is 0 Å². The first-order valence-corrected chi connectivity index (χ1v) is 7.95. The lowest BCUT2D eigenvalue weighted by molar-refractivity contribution is -0.385. The first-order valence-electron chi connectivity index (χ1n) is 7.16. The largest absolute Gasteiger partial charge is 0.332 e. The zero-order valence-corrected chi connectivity index (χ0v) is 14.7. The second kappa shape index (κ2) is 8.36. The molecule has 0 spiro atoms. The number of carbonyl (C=O) groups excluding carboxylic acids is 1. The molecule has 0 heterocycles. The molecule has 0 atom stereocenters. The molecule has 0 bridgehead atoms. The second-order valence-electron chi connectivity index (χ2n) is 5.06. The van der Waals surface area contributed by atoms with Gasteiger partial charge in [-0.1, -0.05) is 35.9 Å². The summed E-state index contributed by atoms with van der Waals surface area (Å²) in [6.07, 6.45) is 2.86. The maximum Gasteiger partial charge on any atom is 0.274 e. The average molecular weight is 376 g/mol. The normalized spacial score (nSPS) is 10.5. The van der Waals surface area contributed by atoms with Crippen molar-refractivity contribution < 1.29 is 9.72 Å². The molecular weight excluding hydrogens is 362 g/mol. The second-order valence-corrected chi connectivity index (χ2v) is 5.87. The summed E-state index contributed by atoms with van der Waals surface area (Å²) in [6, 6.07) is 11.7. The van der Waals surface area contributed by atoms with Crippen molar-refractivity contribution in [2.75, 3.05) is 5.32 Å². The smallest absolute Gasteiger partial charge is 0.274 e. The van der Waals surface area contributed by atoms with E-state index in [1.165, 1.54) is 12.1 Å². The zero-order chi connectivity index (χ0) is 18.4. The summed E-state index contributed by atoms with van der Waals surface area (Å²) in [5.74, 6) is -0.445. The SMILES string of the molecule is Cc1ccc(NC(=S)NC(=O)/C=C/c2ccccc2Cl)cc1[N+](=O)[O-]. The van der Waals surface area contributed by atoms with E-state index in [-0.39, 0.29) is 10.8 Å². The van der Waals surface area contributed by atoms with Crippen molar-refractivity contribution in [3.63, 3.8) is 0 Å². The van der Waals surface area contributed by atoms with Crippen LogP contribution in [0.3, 0.4) is 0 Å². The molecular formula is C17H14ClN3O3S. The van der Waals surface area contributed by atoms with E-state index in [1.807, 2.05) is 0 Å². The van der Waals surface area contributed by atoms with Crippen molar-refractivity contribution in [3.8, 4) is 0 Å². The molecule has 0 aliphatic carbocycles. The zero-order valence-electron chi connectivity index (χ0n) is 13.2. The Hall–Kier alpha value is -2.77. The monoisotopic (exact) mass is 375 g/mol. The van der Waals surface area contributed by atoms with E-state index in [9.17, 15) is 14.9 Å². The van der Waals surface area contributed by atoms with Crippen LogP contribution in [0, 0.1) is 17.0 Å². The number of aryl methyl sites for hydroxylation is 1. The molecule has 6 nitrogen and oxygen atoms in total. The summed E-state index contributed by atoms with van der Waals surface area (Å²) in [4.78, 5) is 22.3. The minimum atomic E-state index is -0.478. The molecule has 0 aliphatic rings. The van der Waals surface area contributed by atoms with E-state index in [0.29, 0.717) is 21.8 Å². The molecule has 0 fully saturated rings. The molecule has 2 rings (SSSR count). The number of hydrogen-bond acceptors (Lipinski definition) is 4. The Bertz CT molecular complexity index is 868. The van der Waals surface area contributed by atoms with Gasteiger partial charge >= 0.3 is 0 Å². The Morgan fingerprint density at radius 2 is 2.00 bits per heavy atom. The third kappa shape index (κ3) is 5.37. The Labute approximate surface area is 154 Å². The minimum absolute atomic E-state index is 0.0299. The van der Waals surface area contributed by atoms with Gasteiger partial charge in [0.05, 0.1) is 4.92 Å². The first-order chi connectivity index (χ1) is 11.9. The Morgan fingerprint density at radius 1 is 1.28 bits per heavy atom. The number of carbonyl (C=O) groups is 1. The van der Waals surface area contributed by atoms with E-state index in [0.717, 1.165) is 0 Å². The number of nitro groups is 1. The number of hydrogen-bond donors (Lipinski definition) is 2. The van der Waals surface area contributed by atoms with Crippen LogP contribution in [0.4, 0.5) is 11.4 Å². The summed E-state index contributed by atoms with van der Waals surface area (Å²) in [7, 11) is 0. The van der Waals surface area contributed by atoms with Crippen molar-refractivity contribution in [1.82, 2.24) is 5.32 Å². The van der Waals surface area contributed by atoms with Crippen LogP contribution in [-0.2, 0) is 4.79 Å². The highest BCUT2D eigenvalue weighted by Gasteiger charge is 2.11. The topological polar surface area (TPSA) is 84.3 Å². The Balaban J connectivity index is 1.98. The number of rotatable bonds is 4. The van der Waals surface area contributed by atoms with Crippen LogP contribution in [0.5, 0.6) is 0 Å². The van der Waals surface area contributed by atoms with Gasteiger partial charge in [0.1, 0.15) is 0 Å². The van der Waals surface area contributed by atoms with Crippen molar-refractivity contribution in [2.45, 2.75) is 6.92 Å². The van der Waals surface area contributed by atoms with Gasteiger partial charge in [0.2, 0.25) is 5.91 Å². The summed E-state index contributed by atoms with van der Waals surface area (Å²) in [6.45, 7) is 1.64. The van der Waals surface area contributed by atoms with Gasteiger partial charge in [-0.25, -0.2) is 0 Å². The molecule has 0 saturated heterocycles. The third-order valence-electron chi connectivity index (χ3n) is 3.22. The third-order valence-corrected chi connectivity index (χ3v) is 3.77. The number of nitrogens with one attached hydrogen (secondary N) is 2. The highest BCUT2D eigenvalue weighted by Crippen LogP contribution is 2.22. The van der Waals surface area contributed by atoms with Crippen LogP contribution in [-0.4, -0.2) is 15.9 Å². The molecule has 0 saturated carbocycles. The number of nitro benzene ring substituents is 1. The Kier molecular flexibility index (Phi) is 6.21. The summed E-state index contributed by atoms with van der Waals surface area (Å²) < 4.78 is 0. The molecule has 2 N–H and O–H groups in total. The van der Waals surface area contributed by atoms with E-state index >= 15 is 0 Å². The molecule has 8 heteroatoms. The standard InChI is InChI=1S/C17H14ClN3O3S/c1-11-6-8-13(10-15(11)21(23)24)19-17(25)20-16(22)9-7-12-4-2-3-5-14(12)18/h2-10H,1H3,(H2,19,20,22,25)/b9-7+. The number of amides is 1. The highest BCUT2D eigenvalue weighted by molar-refractivity contribution is 7.80. The lowest BCUT2D eigenvalue weighted by Crippen LogP contribution is -2.32. The quantitative estimate of drug-likeness (QED) is 0.364. The van der Waals surface area contributed by atoms with Crippen LogP contribution < -0.4 is 10.6 Å². The van der Waals surface area contributed by atoms with E-state index < -0.39 is 10.8 Å². The molecule has 0 aromatic heterocycles. The molecule has 2 aromatic carbocycles. The van der Waals surface area contributed by atoms with Gasteiger partial charge in [0, 0.05) is 28.4 Å². The van der Waals surface area contributed by atoms with E-state index in [2.05, 4.69) is 10.6 Å². The number of nitrogens with zero attached hydrogens (tertiary/aromatic N) is 1. The Morgan fingerprint density at radius 3 is 2.68 bits per heavy atom. The maximum absolute atomic E-state index is 11.9. The van der Waals surface area contributed by atoms with Crippen molar-refractivity contribution in [1.29, 1.82) is 0 Å². The maximum atomic E-state index is 11.9. The summed E-state index contributed by atoms with van der Waals surface area (Å²) in [5.41, 5.74) is 1.62. The van der Waals surface area contributed by atoms with Crippen molar-refractivity contribution in [3.05, 3.63) is 74.8 Å². The van der Waals surface area contributed by atoms with Crippen molar-refractivity contribution >= 4 is 52.3 Å². The molecule has 128 valence electrons. The fraction of sp³-hybridized carbons (Fsp3) is 0.0588. The van der Waals surface area contributed by atoms with Crippen LogP contribution >= 0.6 is 23.8 Å². The fourth-order valence-corrected chi connectivity index (χ4v) is 2.39. The summed E-state index contributed by atoms with van der Waals surface area (Å²) in [5, 5.41) is 16.7. The van der Waals surface area contributed by atoms with Gasteiger partial charge in [0.15, 0.2) is 5.11 Å². The van der Waals surface area contributed by atoms with Crippen LogP contribution in [0.1, 0.15) is 11.1 Å². The average Bonchev–Trinajstić information content (AvgIpc) is 2.55. The van der Waals surface area contributed by atoms with Gasteiger partial charge in [-0.3, -0.25) is 20.2 Å². The minimum Gasteiger partial charge on any atom is -0.332 e. The number of benzene rings is 2. The highest BCUT2D eigenvalue weighted by atomic mass is 35.5. The van der Waals surface area contributed by atoms with Gasteiger partial charge < -0.3 is 5.32 Å².